The second kappa shape index (κ2) is 1250. The van der Waals surface area contributed by atoms with Crippen LogP contribution in [0, 0.1) is 0 Å². The van der Waals surface area contributed by atoms with Gasteiger partial charge in [-0.1, -0.05) is 0 Å². The van der Waals surface area contributed by atoms with E-state index < -0.39 is 0 Å². The van der Waals surface area contributed by atoms with Crippen LogP contribution in [0.15, 0.2) is 0 Å². The molecule has 0 aliphatic rings. The first-order valence-electron chi connectivity index (χ1n) is 0. The van der Waals surface area contributed by atoms with E-state index in [-0.39, 0.29) is 99.9 Å². The van der Waals surface area contributed by atoms with Crippen LogP contribution >= 0.6 is 0 Å². The van der Waals surface area contributed by atoms with Gasteiger partial charge in [0.15, 0.2) is 0 Å². The van der Waals surface area contributed by atoms with Gasteiger partial charge in [0.1, 0.15) is 0 Å². The van der Waals surface area contributed by atoms with Gasteiger partial charge < -0.3 is 74.1 Å². The molecule has 0 saturated carbocycles. The van der Waals surface area contributed by atoms with E-state index in [0.29, 0.717) is 0 Å². The molecule has 0 atom stereocenters. The Morgan fingerprint density at radius 2 is 0.250 bits per heavy atom. The standard InChI is InChI=1S/2ClH.Hf.9H2O/h2*1H;;9*1H2/p-2. The normalized spacial score (nSPS) is 0. The summed E-state index contributed by atoms with van der Waals surface area (Å²) in [5, 5.41) is 0. The molecule has 0 saturated heterocycles. The molecule has 0 aromatic heterocycles. The minimum atomic E-state index is 0. The van der Waals surface area contributed by atoms with Crippen LogP contribution in [0.4, 0.5) is 0 Å². The van der Waals surface area contributed by atoms with Crippen molar-refractivity contribution in [2.24, 2.45) is 0 Å². The molecule has 0 aliphatic carbocycles. The van der Waals surface area contributed by atoms with Gasteiger partial charge in [0.05, 0.1) is 0 Å². The van der Waals surface area contributed by atoms with Crippen LogP contribution in [0.1, 0.15) is 0 Å². The fraction of sp³-hybridized carbons (Fsp3) is 0. The molecule has 0 aliphatic heterocycles. The summed E-state index contributed by atoms with van der Waals surface area (Å²) >= 11 is 0. The summed E-state index contributed by atoms with van der Waals surface area (Å²) < 4.78 is 0. The molecule has 0 fully saturated rings. The van der Waals surface area contributed by atoms with E-state index in [0.717, 1.165) is 0 Å². The molecule has 12 heavy (non-hydrogen) atoms. The Labute approximate surface area is 99.9 Å². The van der Waals surface area contributed by atoms with Gasteiger partial charge in [-0.05, 0) is 0 Å². The summed E-state index contributed by atoms with van der Waals surface area (Å²) in [7, 11) is 0. The predicted molar refractivity (Wildman–Crippen MR) is 32.5 cm³/mol. The zero-order valence-electron chi connectivity index (χ0n) is 5.76. The van der Waals surface area contributed by atoms with Crippen molar-refractivity contribution in [3.63, 3.8) is 0 Å². The molecule has 0 rings (SSSR count). The van der Waals surface area contributed by atoms with Crippen LogP contribution in [-0.2, 0) is 25.8 Å². The second-order valence-corrected chi connectivity index (χ2v) is 0. The third-order valence-electron chi connectivity index (χ3n) is 0. The minimum absolute atomic E-state index is 0. The third-order valence-corrected chi connectivity index (χ3v) is 0. The fourth-order valence-electron chi connectivity index (χ4n) is 0. The molecular weight excluding hydrogens is 393 g/mol. The SMILES string of the molecule is O.O.O.O.O.O.O.O.O.[Cl-].[Cl-].[Hf]. The number of rotatable bonds is 0. The first-order valence-corrected chi connectivity index (χ1v) is 0. The average molecular weight is 412 g/mol. The Morgan fingerprint density at radius 1 is 0.250 bits per heavy atom. The molecule has 18 N–H and O–H groups in total. The molecule has 12 heteroatoms. The monoisotopic (exact) mass is 412 g/mol. The van der Waals surface area contributed by atoms with Crippen molar-refractivity contribution in [2.45, 2.75) is 0 Å². The van der Waals surface area contributed by atoms with Gasteiger partial charge in [-0.15, -0.1) is 0 Å². The molecule has 0 spiro atoms. The van der Waals surface area contributed by atoms with Crippen molar-refractivity contribution in [3.05, 3.63) is 0 Å². The quantitative estimate of drug-likeness (QED) is 0.335. The Morgan fingerprint density at radius 3 is 0.250 bits per heavy atom. The summed E-state index contributed by atoms with van der Waals surface area (Å²) in [5.74, 6) is 0. The van der Waals surface area contributed by atoms with Crippen LogP contribution < -0.4 is 24.8 Å². The second-order valence-electron chi connectivity index (χ2n) is 0. The molecule has 9 nitrogen and oxygen atoms in total. The summed E-state index contributed by atoms with van der Waals surface area (Å²) in [6, 6.07) is 0. The average Bonchev–Trinajstić information content (AvgIpc) is 0. The number of halogens is 2. The van der Waals surface area contributed by atoms with E-state index in [9.17, 15) is 0 Å². The van der Waals surface area contributed by atoms with Gasteiger partial charge in [0, 0.05) is 25.8 Å². The van der Waals surface area contributed by atoms with Gasteiger partial charge in [-0.25, -0.2) is 0 Å². The van der Waals surface area contributed by atoms with Crippen LogP contribution in [0.3, 0.4) is 0 Å². The van der Waals surface area contributed by atoms with Crippen molar-refractivity contribution in [3.8, 4) is 0 Å². The van der Waals surface area contributed by atoms with Crippen molar-refractivity contribution in [1.82, 2.24) is 0 Å². The Kier molecular flexibility index (Phi) is 168000. The van der Waals surface area contributed by atoms with E-state index in [2.05, 4.69) is 0 Å². The van der Waals surface area contributed by atoms with Crippen LogP contribution in [0.5, 0.6) is 0 Å². The van der Waals surface area contributed by atoms with Gasteiger partial charge in [-0.2, -0.15) is 0 Å². The van der Waals surface area contributed by atoms with E-state index in [1.165, 1.54) is 0 Å². The first kappa shape index (κ1) is 1610. The van der Waals surface area contributed by atoms with E-state index in [1.54, 1.807) is 0 Å². The van der Waals surface area contributed by atoms with Crippen molar-refractivity contribution < 1.29 is 99.9 Å². The van der Waals surface area contributed by atoms with Crippen molar-refractivity contribution in [1.29, 1.82) is 0 Å². The third kappa shape index (κ3) is 950. The largest absolute Gasteiger partial charge is 1.00 e. The molecule has 0 heterocycles. The van der Waals surface area contributed by atoms with Crippen LogP contribution in [0.25, 0.3) is 0 Å². The summed E-state index contributed by atoms with van der Waals surface area (Å²) in [6.45, 7) is 0. The van der Waals surface area contributed by atoms with Gasteiger partial charge in [0.25, 0.3) is 0 Å². The molecule has 0 aromatic rings. The van der Waals surface area contributed by atoms with E-state index >= 15 is 0 Å². The number of hydrogen-bond acceptors (Lipinski definition) is 0. The maximum Gasteiger partial charge on any atom is 0 e. The number of hydrogen-bond donors (Lipinski definition) is 0. The summed E-state index contributed by atoms with van der Waals surface area (Å²) in [6.07, 6.45) is 0. The maximum absolute atomic E-state index is 0. The van der Waals surface area contributed by atoms with Crippen LogP contribution in [-0.4, -0.2) is 49.3 Å². The summed E-state index contributed by atoms with van der Waals surface area (Å²) in [5.41, 5.74) is 0. The first-order chi connectivity index (χ1) is 0. The molecule has 0 bridgehead atoms. The fourth-order valence-corrected chi connectivity index (χ4v) is 0. The van der Waals surface area contributed by atoms with Gasteiger partial charge in [-0.3, -0.25) is 0 Å². The predicted octanol–water partition coefficient (Wildman–Crippen LogP) is -13.4. The molecule has 92 valence electrons. The van der Waals surface area contributed by atoms with Crippen molar-refractivity contribution >= 4 is 0 Å². The molecule has 0 unspecified atom stereocenters. The molecule has 0 radical (unpaired) electrons. The molecule has 0 aromatic carbocycles. The Balaban J connectivity index is 0. The summed E-state index contributed by atoms with van der Waals surface area (Å²) in [4.78, 5) is 0. The smallest absolute Gasteiger partial charge is 0 e. The van der Waals surface area contributed by atoms with E-state index in [1.807, 2.05) is 0 Å². The van der Waals surface area contributed by atoms with Crippen molar-refractivity contribution in [2.75, 3.05) is 0 Å². The zero-order valence-corrected chi connectivity index (χ0v) is 10.9. The zero-order chi connectivity index (χ0) is 0. The van der Waals surface area contributed by atoms with Gasteiger partial charge >= 0.3 is 0 Å². The Hall–Kier alpha value is 1.09. The molecule has 0 amide bonds. The minimum Gasteiger partial charge on any atom is -1.00 e. The van der Waals surface area contributed by atoms with Gasteiger partial charge in [0.2, 0.25) is 0 Å². The topological polar surface area (TPSA) is 284 Å². The maximum atomic E-state index is 0. The van der Waals surface area contributed by atoms with E-state index in [4.69, 9.17) is 0 Å². The molecular formula is H18Cl2HfO9-2. The van der Waals surface area contributed by atoms with Crippen LogP contribution in [0.2, 0.25) is 0 Å². The Bertz CT molecular complexity index is 12.5.